The zero-order chi connectivity index (χ0) is 9.68. The highest BCUT2D eigenvalue weighted by molar-refractivity contribution is 5.74. The van der Waals surface area contributed by atoms with Gasteiger partial charge in [0.15, 0.2) is 0 Å². The maximum Gasteiger partial charge on any atom is 0.214 e. The highest BCUT2D eigenvalue weighted by Gasteiger charge is 1.92. The molecule has 1 rings (SSSR count). The summed E-state index contributed by atoms with van der Waals surface area (Å²) in [6.07, 6.45) is 2.21. The lowest BCUT2D eigenvalue weighted by atomic mass is 10.2. The third kappa shape index (κ3) is 2.71. The predicted octanol–water partition coefficient (Wildman–Crippen LogP) is 1.74. The van der Waals surface area contributed by atoms with Crippen LogP contribution in [0, 0.1) is 6.92 Å². The van der Waals surface area contributed by atoms with Gasteiger partial charge in [-0.3, -0.25) is 4.79 Å². The lowest BCUT2D eigenvalue weighted by Crippen LogP contribution is -2.12. The van der Waals surface area contributed by atoms with Gasteiger partial charge in [-0.1, -0.05) is 18.2 Å². The van der Waals surface area contributed by atoms with E-state index >= 15 is 0 Å². The van der Waals surface area contributed by atoms with Gasteiger partial charge >= 0.3 is 0 Å². The molecule has 3 heteroatoms. The topological polar surface area (TPSA) is 32.7 Å². The minimum atomic E-state index is 0.710. The maximum atomic E-state index is 10.2. The van der Waals surface area contributed by atoms with E-state index < -0.39 is 0 Å². The van der Waals surface area contributed by atoms with Gasteiger partial charge in [0.05, 0.1) is 12.0 Å². The number of aliphatic imine (C=N–C) groups is 1. The average Bonchev–Trinajstić information content (AvgIpc) is 2.16. The molecule has 1 aromatic carbocycles. The van der Waals surface area contributed by atoms with Crippen molar-refractivity contribution in [3.8, 4) is 0 Å². The van der Waals surface area contributed by atoms with E-state index in [1.807, 2.05) is 31.2 Å². The number of nitrogens with zero attached hydrogens (tertiary/aromatic N) is 2. The van der Waals surface area contributed by atoms with Crippen molar-refractivity contribution in [3.63, 3.8) is 0 Å². The van der Waals surface area contributed by atoms with Crippen LogP contribution in [-0.4, -0.2) is 24.7 Å². The maximum absolute atomic E-state index is 10.2. The van der Waals surface area contributed by atoms with Gasteiger partial charge in [-0.15, -0.1) is 0 Å². The fourth-order valence-corrected chi connectivity index (χ4v) is 0.889. The van der Waals surface area contributed by atoms with Gasteiger partial charge in [-0.05, 0) is 18.6 Å². The summed E-state index contributed by atoms with van der Waals surface area (Å²) in [5.41, 5.74) is 1.98. The molecule has 0 atom stereocenters. The molecule has 3 nitrogen and oxygen atoms in total. The van der Waals surface area contributed by atoms with Crippen LogP contribution in [0.3, 0.4) is 0 Å². The lowest BCUT2D eigenvalue weighted by Gasteiger charge is -2.02. The lowest BCUT2D eigenvalue weighted by molar-refractivity contribution is -0.113. The first-order valence-electron chi connectivity index (χ1n) is 4.01. The number of hydrogen-bond acceptors (Lipinski definition) is 2. The Morgan fingerprint density at radius 3 is 2.69 bits per heavy atom. The minimum absolute atomic E-state index is 0.710. The monoisotopic (exact) mass is 176 g/mol. The van der Waals surface area contributed by atoms with E-state index in [-0.39, 0.29) is 0 Å². The number of rotatable bonds is 3. The zero-order valence-electron chi connectivity index (χ0n) is 7.77. The number of amides is 1. The van der Waals surface area contributed by atoms with Crippen LogP contribution in [0.25, 0.3) is 0 Å². The Morgan fingerprint density at radius 2 is 2.08 bits per heavy atom. The van der Waals surface area contributed by atoms with Crippen molar-refractivity contribution in [2.45, 2.75) is 6.92 Å². The molecule has 0 saturated heterocycles. The zero-order valence-corrected chi connectivity index (χ0v) is 7.77. The molecule has 13 heavy (non-hydrogen) atoms. The summed E-state index contributed by atoms with van der Waals surface area (Å²) in [7, 11) is 1.65. The molecule has 1 amide bonds. The molecule has 0 aliphatic heterocycles. The second-order valence-electron chi connectivity index (χ2n) is 2.80. The second-order valence-corrected chi connectivity index (χ2v) is 2.80. The normalized spacial score (nSPS) is 10.3. The van der Waals surface area contributed by atoms with Crippen LogP contribution in [0.4, 0.5) is 5.69 Å². The first kappa shape index (κ1) is 9.45. The molecule has 0 aromatic heterocycles. The van der Waals surface area contributed by atoms with Crippen molar-refractivity contribution >= 4 is 18.4 Å². The SMILES string of the molecule is Cc1ccccc1N=CN(C)C=O. The van der Waals surface area contributed by atoms with Gasteiger partial charge in [0, 0.05) is 7.05 Å². The van der Waals surface area contributed by atoms with Crippen LogP contribution in [0.2, 0.25) is 0 Å². The molecule has 1 aromatic rings. The minimum Gasteiger partial charge on any atom is -0.309 e. The van der Waals surface area contributed by atoms with Crippen molar-refractivity contribution in [1.29, 1.82) is 0 Å². The summed E-state index contributed by atoms with van der Waals surface area (Å²) in [6.45, 7) is 1.98. The highest BCUT2D eigenvalue weighted by atomic mass is 16.1. The Morgan fingerprint density at radius 1 is 1.38 bits per heavy atom. The van der Waals surface area contributed by atoms with Gasteiger partial charge in [-0.2, -0.15) is 0 Å². The largest absolute Gasteiger partial charge is 0.309 e. The molecule has 68 valence electrons. The molecule has 0 N–H and O–H groups in total. The van der Waals surface area contributed by atoms with E-state index in [4.69, 9.17) is 0 Å². The molecule has 0 aliphatic carbocycles. The van der Waals surface area contributed by atoms with E-state index in [9.17, 15) is 4.79 Å². The predicted molar refractivity (Wildman–Crippen MR) is 53.2 cm³/mol. The quantitative estimate of drug-likeness (QED) is 0.392. The van der Waals surface area contributed by atoms with Crippen LogP contribution in [0.5, 0.6) is 0 Å². The molecule has 0 fully saturated rings. The summed E-state index contributed by atoms with van der Waals surface area (Å²) in [4.78, 5) is 15.8. The Bertz CT molecular complexity index is 320. The number of hydrogen-bond donors (Lipinski definition) is 0. The molecular weight excluding hydrogens is 164 g/mol. The smallest absolute Gasteiger partial charge is 0.214 e. The standard InChI is InChI=1S/C10H12N2O/c1-9-5-3-4-6-10(9)11-7-12(2)8-13/h3-8H,1-2H3. The van der Waals surface area contributed by atoms with Gasteiger partial charge in [-0.25, -0.2) is 4.99 Å². The highest BCUT2D eigenvalue weighted by Crippen LogP contribution is 2.15. The number of carbonyl (C=O) groups is 1. The Kier molecular flexibility index (Phi) is 3.20. The summed E-state index contributed by atoms with van der Waals surface area (Å²) in [5.74, 6) is 0. The molecule has 0 aliphatic rings. The van der Waals surface area contributed by atoms with Gasteiger partial charge in [0.25, 0.3) is 0 Å². The van der Waals surface area contributed by atoms with E-state index in [1.165, 1.54) is 11.2 Å². The summed E-state index contributed by atoms with van der Waals surface area (Å²) < 4.78 is 0. The molecule has 0 unspecified atom stereocenters. The van der Waals surface area contributed by atoms with Crippen molar-refractivity contribution in [2.75, 3.05) is 7.05 Å². The van der Waals surface area contributed by atoms with Crippen molar-refractivity contribution in [3.05, 3.63) is 29.8 Å². The number of benzene rings is 1. The van der Waals surface area contributed by atoms with Crippen LogP contribution in [0.15, 0.2) is 29.3 Å². The molecule has 0 radical (unpaired) electrons. The molecule has 0 saturated carbocycles. The van der Waals surface area contributed by atoms with Gasteiger partial charge in [0.1, 0.15) is 0 Å². The average molecular weight is 176 g/mol. The molecular formula is C10H12N2O. The first-order chi connectivity index (χ1) is 6.24. The fraction of sp³-hybridized carbons (Fsp3) is 0.200. The second kappa shape index (κ2) is 4.40. The van der Waals surface area contributed by atoms with Crippen LogP contribution < -0.4 is 0 Å². The fourth-order valence-electron chi connectivity index (χ4n) is 0.889. The Balaban J connectivity index is 2.79. The number of aryl methyl sites for hydroxylation is 1. The molecule has 0 heterocycles. The Hall–Kier alpha value is -1.64. The van der Waals surface area contributed by atoms with Crippen LogP contribution >= 0.6 is 0 Å². The summed E-state index contributed by atoms with van der Waals surface area (Å²) in [6, 6.07) is 7.76. The van der Waals surface area contributed by atoms with Crippen molar-refractivity contribution in [2.24, 2.45) is 4.99 Å². The molecule has 0 spiro atoms. The Labute approximate surface area is 77.7 Å². The summed E-state index contributed by atoms with van der Waals surface area (Å²) in [5, 5.41) is 0. The third-order valence-corrected chi connectivity index (χ3v) is 1.66. The van der Waals surface area contributed by atoms with Gasteiger partial charge < -0.3 is 4.90 Å². The van der Waals surface area contributed by atoms with E-state index in [0.29, 0.717) is 6.41 Å². The van der Waals surface area contributed by atoms with E-state index in [1.54, 1.807) is 7.05 Å². The van der Waals surface area contributed by atoms with E-state index in [0.717, 1.165) is 11.3 Å². The van der Waals surface area contributed by atoms with Crippen molar-refractivity contribution in [1.82, 2.24) is 4.90 Å². The first-order valence-corrected chi connectivity index (χ1v) is 4.01. The molecule has 0 bridgehead atoms. The number of carbonyl (C=O) groups excluding carboxylic acids is 1. The van der Waals surface area contributed by atoms with Crippen molar-refractivity contribution < 1.29 is 4.79 Å². The van der Waals surface area contributed by atoms with Gasteiger partial charge in [0.2, 0.25) is 6.41 Å². The summed E-state index contributed by atoms with van der Waals surface area (Å²) >= 11 is 0. The van der Waals surface area contributed by atoms with Crippen LogP contribution in [0.1, 0.15) is 5.56 Å². The third-order valence-electron chi connectivity index (χ3n) is 1.66. The van der Waals surface area contributed by atoms with E-state index in [2.05, 4.69) is 4.99 Å². The number of para-hydroxylation sites is 1. The van der Waals surface area contributed by atoms with Crippen LogP contribution in [-0.2, 0) is 4.79 Å².